The summed E-state index contributed by atoms with van der Waals surface area (Å²) in [7, 11) is 0. The minimum atomic E-state index is -4.46. The Labute approximate surface area is 131 Å². The first-order valence-corrected chi connectivity index (χ1v) is 7.49. The molecule has 1 rings (SSSR count). The standard InChI is InChI=1S/C15H19BrF3NO/c1-9(2)8-13(10(3)21)20-14(15(17,18)19)11-4-6-12(16)7-5-11/h4-7,9,13-14,20H,8H2,1-3H3. The van der Waals surface area contributed by atoms with E-state index < -0.39 is 18.3 Å². The SMILES string of the molecule is CC(=O)C(CC(C)C)NC(c1ccc(Br)cc1)C(F)(F)F. The molecule has 118 valence electrons. The fraction of sp³-hybridized carbons (Fsp3) is 0.533. The maximum atomic E-state index is 13.3. The van der Waals surface area contributed by atoms with Crippen LogP contribution in [0.5, 0.6) is 0 Å². The Morgan fingerprint density at radius 1 is 1.24 bits per heavy atom. The lowest BCUT2D eigenvalue weighted by Gasteiger charge is -2.27. The number of hydrogen-bond acceptors (Lipinski definition) is 2. The molecule has 0 saturated heterocycles. The molecule has 0 fully saturated rings. The summed E-state index contributed by atoms with van der Waals surface area (Å²) in [5, 5.41) is 2.47. The molecule has 6 heteroatoms. The highest BCUT2D eigenvalue weighted by molar-refractivity contribution is 9.10. The van der Waals surface area contributed by atoms with Crippen molar-refractivity contribution in [1.29, 1.82) is 0 Å². The topological polar surface area (TPSA) is 29.1 Å². The molecule has 0 radical (unpaired) electrons. The second-order valence-corrected chi connectivity index (χ2v) is 6.40. The summed E-state index contributed by atoms with van der Waals surface area (Å²) in [4.78, 5) is 11.6. The van der Waals surface area contributed by atoms with Crippen molar-refractivity contribution < 1.29 is 18.0 Å². The van der Waals surface area contributed by atoms with Crippen molar-refractivity contribution in [2.75, 3.05) is 0 Å². The van der Waals surface area contributed by atoms with Gasteiger partial charge in [-0.15, -0.1) is 0 Å². The third kappa shape index (κ3) is 5.79. The van der Waals surface area contributed by atoms with Crippen LogP contribution in [0.1, 0.15) is 38.8 Å². The zero-order chi connectivity index (χ0) is 16.2. The summed E-state index contributed by atoms with van der Waals surface area (Å²) in [6.07, 6.45) is -4.09. The van der Waals surface area contributed by atoms with Gasteiger partial charge in [-0.25, -0.2) is 0 Å². The molecule has 2 unspecified atom stereocenters. The number of carbonyl (C=O) groups excluding carboxylic acids is 1. The highest BCUT2D eigenvalue weighted by Gasteiger charge is 2.42. The number of rotatable bonds is 6. The van der Waals surface area contributed by atoms with Gasteiger partial charge in [0.05, 0.1) is 6.04 Å². The van der Waals surface area contributed by atoms with E-state index in [0.717, 1.165) is 0 Å². The van der Waals surface area contributed by atoms with Gasteiger partial charge in [-0.1, -0.05) is 41.9 Å². The molecule has 21 heavy (non-hydrogen) atoms. The van der Waals surface area contributed by atoms with Crippen LogP contribution in [0.15, 0.2) is 28.7 Å². The number of Topliss-reactive ketones (excluding diaryl/α,β-unsaturated/α-hetero) is 1. The van der Waals surface area contributed by atoms with E-state index in [-0.39, 0.29) is 17.3 Å². The van der Waals surface area contributed by atoms with E-state index in [1.54, 1.807) is 12.1 Å². The highest BCUT2D eigenvalue weighted by Crippen LogP contribution is 2.34. The first-order valence-electron chi connectivity index (χ1n) is 6.70. The molecule has 0 spiro atoms. The minimum Gasteiger partial charge on any atom is -0.298 e. The molecule has 0 aliphatic heterocycles. The average Bonchev–Trinajstić information content (AvgIpc) is 2.33. The average molecular weight is 366 g/mol. The van der Waals surface area contributed by atoms with Crippen molar-refractivity contribution in [2.24, 2.45) is 5.92 Å². The number of carbonyl (C=O) groups is 1. The summed E-state index contributed by atoms with van der Waals surface area (Å²) in [6, 6.07) is 3.27. The Morgan fingerprint density at radius 3 is 2.14 bits per heavy atom. The van der Waals surface area contributed by atoms with Crippen LogP contribution >= 0.6 is 15.9 Å². The number of hydrogen-bond donors (Lipinski definition) is 1. The van der Waals surface area contributed by atoms with Gasteiger partial charge in [-0.3, -0.25) is 10.1 Å². The molecule has 1 N–H and O–H groups in total. The zero-order valence-corrected chi connectivity index (χ0v) is 13.8. The number of halogens is 4. The van der Waals surface area contributed by atoms with Gasteiger partial charge >= 0.3 is 6.18 Å². The second-order valence-electron chi connectivity index (χ2n) is 5.49. The molecular formula is C15H19BrF3NO. The normalized spacial score (nSPS) is 15.0. The van der Waals surface area contributed by atoms with Gasteiger partial charge in [0.1, 0.15) is 11.8 Å². The van der Waals surface area contributed by atoms with Gasteiger partial charge in [0.2, 0.25) is 0 Å². The van der Waals surface area contributed by atoms with Crippen LogP contribution in [-0.2, 0) is 4.79 Å². The Balaban J connectivity index is 3.03. The summed E-state index contributed by atoms with van der Waals surface area (Å²) in [6.45, 7) is 5.06. The Bertz CT molecular complexity index is 471. The molecule has 0 amide bonds. The minimum absolute atomic E-state index is 0.0979. The van der Waals surface area contributed by atoms with E-state index in [9.17, 15) is 18.0 Å². The van der Waals surface area contributed by atoms with Crippen LogP contribution in [0.4, 0.5) is 13.2 Å². The molecule has 2 nitrogen and oxygen atoms in total. The van der Waals surface area contributed by atoms with Crippen LogP contribution in [0.25, 0.3) is 0 Å². The first-order chi connectivity index (χ1) is 9.61. The van der Waals surface area contributed by atoms with E-state index in [1.165, 1.54) is 19.1 Å². The van der Waals surface area contributed by atoms with E-state index in [0.29, 0.717) is 10.9 Å². The number of nitrogens with one attached hydrogen (secondary N) is 1. The van der Waals surface area contributed by atoms with Crippen LogP contribution in [0, 0.1) is 5.92 Å². The summed E-state index contributed by atoms with van der Waals surface area (Å²) >= 11 is 3.20. The molecule has 1 aromatic carbocycles. The van der Waals surface area contributed by atoms with Crippen molar-refractivity contribution >= 4 is 21.7 Å². The Morgan fingerprint density at radius 2 is 1.76 bits per heavy atom. The Hall–Kier alpha value is -0.880. The second kappa shape index (κ2) is 7.40. The summed E-state index contributed by atoms with van der Waals surface area (Å²) in [5.41, 5.74) is 0.0979. The maximum Gasteiger partial charge on any atom is 0.407 e. The van der Waals surface area contributed by atoms with Crippen LogP contribution in [-0.4, -0.2) is 18.0 Å². The van der Waals surface area contributed by atoms with Crippen molar-refractivity contribution in [2.45, 2.75) is 45.5 Å². The van der Waals surface area contributed by atoms with Crippen molar-refractivity contribution in [3.63, 3.8) is 0 Å². The van der Waals surface area contributed by atoms with E-state index in [1.807, 2.05) is 13.8 Å². The molecule has 0 aliphatic rings. The predicted molar refractivity (Wildman–Crippen MR) is 80.0 cm³/mol. The van der Waals surface area contributed by atoms with Crippen molar-refractivity contribution in [3.05, 3.63) is 34.3 Å². The highest BCUT2D eigenvalue weighted by atomic mass is 79.9. The molecule has 0 aromatic heterocycles. The molecule has 0 saturated carbocycles. The van der Waals surface area contributed by atoms with Gasteiger partial charge in [0, 0.05) is 4.47 Å². The molecular weight excluding hydrogens is 347 g/mol. The molecule has 0 heterocycles. The molecule has 1 aromatic rings. The Kier molecular flexibility index (Phi) is 6.41. The monoisotopic (exact) mass is 365 g/mol. The van der Waals surface area contributed by atoms with E-state index in [2.05, 4.69) is 21.2 Å². The lowest BCUT2D eigenvalue weighted by Crippen LogP contribution is -2.44. The summed E-state index contributed by atoms with van der Waals surface area (Å²) in [5.74, 6) is -0.153. The van der Waals surface area contributed by atoms with Gasteiger partial charge in [0.15, 0.2) is 0 Å². The zero-order valence-electron chi connectivity index (χ0n) is 12.2. The van der Waals surface area contributed by atoms with Gasteiger partial charge in [-0.2, -0.15) is 13.2 Å². The molecule has 0 bridgehead atoms. The van der Waals surface area contributed by atoms with Crippen LogP contribution in [0.2, 0.25) is 0 Å². The van der Waals surface area contributed by atoms with Crippen LogP contribution < -0.4 is 5.32 Å². The third-order valence-electron chi connectivity index (χ3n) is 3.10. The van der Waals surface area contributed by atoms with Crippen molar-refractivity contribution in [1.82, 2.24) is 5.32 Å². The largest absolute Gasteiger partial charge is 0.407 e. The predicted octanol–water partition coefficient (Wildman–Crippen LogP) is 4.65. The van der Waals surface area contributed by atoms with Crippen molar-refractivity contribution in [3.8, 4) is 0 Å². The number of ketones is 1. The maximum absolute atomic E-state index is 13.3. The quantitative estimate of drug-likeness (QED) is 0.794. The smallest absolute Gasteiger partial charge is 0.298 e. The number of benzene rings is 1. The molecule has 0 aliphatic carbocycles. The lowest BCUT2D eigenvalue weighted by molar-refractivity contribution is -0.160. The third-order valence-corrected chi connectivity index (χ3v) is 3.63. The van der Waals surface area contributed by atoms with Gasteiger partial charge < -0.3 is 0 Å². The van der Waals surface area contributed by atoms with Gasteiger partial charge in [0.25, 0.3) is 0 Å². The van der Waals surface area contributed by atoms with E-state index >= 15 is 0 Å². The molecule has 2 atom stereocenters. The van der Waals surface area contributed by atoms with Crippen LogP contribution in [0.3, 0.4) is 0 Å². The summed E-state index contributed by atoms with van der Waals surface area (Å²) < 4.78 is 40.6. The lowest BCUT2D eigenvalue weighted by atomic mass is 9.98. The number of alkyl halides is 3. The fourth-order valence-corrected chi connectivity index (χ4v) is 2.32. The fourth-order valence-electron chi connectivity index (χ4n) is 2.06. The first kappa shape index (κ1) is 18.2. The van der Waals surface area contributed by atoms with Gasteiger partial charge in [-0.05, 0) is 37.0 Å². The van der Waals surface area contributed by atoms with E-state index in [4.69, 9.17) is 0 Å².